The first-order chi connectivity index (χ1) is 27.5. The zero-order valence-electron chi connectivity index (χ0n) is 31.5. The van der Waals surface area contributed by atoms with Gasteiger partial charge in [0, 0.05) is 16.2 Å². The molecule has 0 bridgehead atoms. The van der Waals surface area contributed by atoms with E-state index in [1.807, 2.05) is 0 Å². The summed E-state index contributed by atoms with van der Waals surface area (Å²) in [5, 5.41) is 10.1. The van der Waals surface area contributed by atoms with Gasteiger partial charge in [-0.05, 0) is 142 Å². The van der Waals surface area contributed by atoms with E-state index < -0.39 is 0 Å². The van der Waals surface area contributed by atoms with Gasteiger partial charge in [-0.3, -0.25) is 0 Å². The summed E-state index contributed by atoms with van der Waals surface area (Å²) in [5.74, 6) is 0. The second kappa shape index (κ2) is 11.7. The molecule has 264 valence electrons. The fourth-order valence-corrected chi connectivity index (χ4v) is 10.2. The van der Waals surface area contributed by atoms with E-state index in [9.17, 15) is 0 Å². The Balaban J connectivity index is 0.969. The lowest BCUT2D eigenvalue weighted by Gasteiger charge is -2.23. The zero-order valence-corrected chi connectivity index (χ0v) is 31.5. The van der Waals surface area contributed by atoms with Crippen LogP contribution >= 0.6 is 0 Å². The van der Waals surface area contributed by atoms with Crippen LogP contribution in [0.4, 0.5) is 0 Å². The number of furan rings is 1. The van der Waals surface area contributed by atoms with E-state index in [0.717, 1.165) is 24.0 Å². The lowest BCUT2D eigenvalue weighted by molar-refractivity contribution is 0.661. The van der Waals surface area contributed by atoms with Crippen LogP contribution in [0, 0.1) is 0 Å². The summed E-state index contributed by atoms with van der Waals surface area (Å²) >= 11 is 0. The van der Waals surface area contributed by atoms with Crippen LogP contribution in [0.5, 0.6) is 0 Å². The molecule has 1 heterocycles. The molecule has 56 heavy (non-hydrogen) atoms. The van der Waals surface area contributed by atoms with Crippen LogP contribution in [0.1, 0.15) is 48.1 Å². The molecule has 2 aliphatic rings. The van der Waals surface area contributed by atoms with Crippen molar-refractivity contribution in [3.05, 3.63) is 192 Å². The Morgan fingerprint density at radius 3 is 1.84 bits per heavy atom. The van der Waals surface area contributed by atoms with Crippen LogP contribution in [0.2, 0.25) is 0 Å². The molecule has 0 atom stereocenters. The minimum Gasteiger partial charge on any atom is -0.456 e. The number of benzene rings is 9. The molecule has 0 saturated carbocycles. The summed E-state index contributed by atoms with van der Waals surface area (Å²) in [7, 11) is 0. The SMILES string of the molecule is CC1(C)c2ccc(C3=Cc4ccc(-c5c6ccccc6c(-c6ccccc6)c6ccccc56)cc4CC3)cc2-c2cc3c(ccc4oc5ccccc5c43)cc21. The van der Waals surface area contributed by atoms with Crippen molar-refractivity contribution < 1.29 is 4.42 Å². The number of para-hydroxylation sites is 1. The predicted molar refractivity (Wildman–Crippen MR) is 237 cm³/mol. The molecule has 0 spiro atoms. The van der Waals surface area contributed by atoms with Crippen molar-refractivity contribution in [1.29, 1.82) is 0 Å². The molecule has 1 nitrogen and oxygen atoms in total. The van der Waals surface area contributed by atoms with Gasteiger partial charge in [-0.25, -0.2) is 0 Å². The van der Waals surface area contributed by atoms with Crippen LogP contribution in [0.25, 0.3) is 99.3 Å². The van der Waals surface area contributed by atoms with Crippen molar-refractivity contribution >= 4 is 65.9 Å². The molecule has 0 saturated heterocycles. The van der Waals surface area contributed by atoms with Crippen LogP contribution in [0.3, 0.4) is 0 Å². The predicted octanol–water partition coefficient (Wildman–Crippen LogP) is 15.2. The van der Waals surface area contributed by atoms with E-state index in [2.05, 4.69) is 184 Å². The maximum atomic E-state index is 6.30. The van der Waals surface area contributed by atoms with Crippen LogP contribution in [-0.2, 0) is 11.8 Å². The number of fused-ring (bicyclic) bond motifs is 11. The maximum absolute atomic E-state index is 6.30. The highest BCUT2D eigenvalue weighted by Gasteiger charge is 2.36. The largest absolute Gasteiger partial charge is 0.456 e. The number of rotatable bonds is 3. The molecular weight excluding hydrogens is 677 g/mol. The van der Waals surface area contributed by atoms with Gasteiger partial charge in [0.15, 0.2) is 0 Å². The summed E-state index contributed by atoms with van der Waals surface area (Å²) in [6.07, 6.45) is 4.48. The van der Waals surface area contributed by atoms with Gasteiger partial charge in [-0.15, -0.1) is 0 Å². The molecule has 0 amide bonds. The molecule has 10 aromatic rings. The highest BCUT2D eigenvalue weighted by Crippen LogP contribution is 2.52. The number of aryl methyl sites for hydroxylation is 1. The van der Waals surface area contributed by atoms with Crippen LogP contribution in [0.15, 0.2) is 168 Å². The van der Waals surface area contributed by atoms with Gasteiger partial charge >= 0.3 is 0 Å². The first kappa shape index (κ1) is 31.6. The summed E-state index contributed by atoms with van der Waals surface area (Å²) < 4.78 is 6.30. The molecule has 9 aromatic carbocycles. The smallest absolute Gasteiger partial charge is 0.136 e. The highest BCUT2D eigenvalue weighted by molar-refractivity contribution is 6.22. The fraction of sp³-hybridized carbons (Fsp3) is 0.0909. The first-order valence-electron chi connectivity index (χ1n) is 19.9. The van der Waals surface area contributed by atoms with E-state index in [-0.39, 0.29) is 5.41 Å². The van der Waals surface area contributed by atoms with Crippen molar-refractivity contribution in [2.45, 2.75) is 32.1 Å². The van der Waals surface area contributed by atoms with Gasteiger partial charge in [-0.1, -0.05) is 153 Å². The summed E-state index contributed by atoms with van der Waals surface area (Å²) in [6, 6.07) is 60.8. The molecule has 0 radical (unpaired) electrons. The van der Waals surface area contributed by atoms with Gasteiger partial charge in [0.2, 0.25) is 0 Å². The third kappa shape index (κ3) is 4.49. The fourth-order valence-electron chi connectivity index (χ4n) is 10.2. The Hall–Kier alpha value is -6.70. The summed E-state index contributed by atoms with van der Waals surface area (Å²) in [4.78, 5) is 0. The number of allylic oxidation sites excluding steroid dienone is 1. The molecule has 1 aromatic heterocycles. The van der Waals surface area contributed by atoms with Gasteiger partial charge in [-0.2, -0.15) is 0 Å². The van der Waals surface area contributed by atoms with Crippen molar-refractivity contribution in [3.8, 4) is 33.4 Å². The Morgan fingerprint density at radius 2 is 1.09 bits per heavy atom. The van der Waals surface area contributed by atoms with Crippen molar-refractivity contribution in [3.63, 3.8) is 0 Å². The molecule has 0 fully saturated rings. The average Bonchev–Trinajstić information content (AvgIpc) is 3.73. The summed E-state index contributed by atoms with van der Waals surface area (Å²) in [6.45, 7) is 4.76. The van der Waals surface area contributed by atoms with Gasteiger partial charge < -0.3 is 4.42 Å². The van der Waals surface area contributed by atoms with E-state index in [0.29, 0.717) is 0 Å². The molecule has 0 N–H and O–H groups in total. The van der Waals surface area contributed by atoms with Crippen LogP contribution in [-0.4, -0.2) is 0 Å². The van der Waals surface area contributed by atoms with Crippen molar-refractivity contribution in [2.75, 3.05) is 0 Å². The molecule has 1 heteroatoms. The quantitative estimate of drug-likeness (QED) is 0.166. The minimum absolute atomic E-state index is 0.0810. The molecule has 2 aliphatic carbocycles. The molecule has 0 unspecified atom stereocenters. The summed E-state index contributed by atoms with van der Waals surface area (Å²) in [5.41, 5.74) is 18.0. The topological polar surface area (TPSA) is 13.1 Å². The van der Waals surface area contributed by atoms with Crippen molar-refractivity contribution in [2.24, 2.45) is 0 Å². The number of hydrogen-bond acceptors (Lipinski definition) is 1. The second-order valence-corrected chi connectivity index (χ2v) is 16.3. The molecule has 0 aliphatic heterocycles. The lowest BCUT2D eigenvalue weighted by atomic mass is 9.81. The van der Waals surface area contributed by atoms with E-state index in [4.69, 9.17) is 4.42 Å². The highest BCUT2D eigenvalue weighted by atomic mass is 16.3. The Morgan fingerprint density at radius 1 is 0.446 bits per heavy atom. The number of hydrogen-bond donors (Lipinski definition) is 0. The van der Waals surface area contributed by atoms with Gasteiger partial charge in [0.05, 0.1) is 0 Å². The molecule has 12 rings (SSSR count). The minimum atomic E-state index is -0.0810. The van der Waals surface area contributed by atoms with E-state index >= 15 is 0 Å². The third-order valence-electron chi connectivity index (χ3n) is 12.9. The van der Waals surface area contributed by atoms with Crippen molar-refractivity contribution in [1.82, 2.24) is 0 Å². The third-order valence-corrected chi connectivity index (χ3v) is 12.9. The second-order valence-electron chi connectivity index (χ2n) is 16.3. The average molecular weight is 715 g/mol. The molecular formula is C55H38O. The standard InChI is InChI=1S/C55H38O/c1-55(2)48-26-24-37(30-46(48)47-32-45-38(31-49(47)55)25-27-51-54(45)44-18-10-11-19-50(44)56-51)35-20-21-36-29-39(23-22-34(36)28-35)53-42-16-8-6-14-40(42)52(33-12-4-3-5-13-33)41-15-7-9-17-43(41)53/h3-19,22-32H,20-21H2,1-2H3. The van der Waals surface area contributed by atoms with E-state index in [1.54, 1.807) is 0 Å². The lowest BCUT2D eigenvalue weighted by Crippen LogP contribution is -2.15. The zero-order chi connectivity index (χ0) is 37.1. The Bertz CT molecular complexity index is 3260. The maximum Gasteiger partial charge on any atom is 0.136 e. The Labute approximate surface area is 326 Å². The normalized spacial score (nSPS) is 14.4. The van der Waals surface area contributed by atoms with E-state index in [1.165, 1.54) is 110 Å². The van der Waals surface area contributed by atoms with Gasteiger partial charge in [0.25, 0.3) is 0 Å². The van der Waals surface area contributed by atoms with Gasteiger partial charge in [0.1, 0.15) is 11.2 Å². The monoisotopic (exact) mass is 714 g/mol. The van der Waals surface area contributed by atoms with Crippen LogP contribution < -0.4 is 0 Å². The Kier molecular flexibility index (Phi) is 6.58. The first-order valence-corrected chi connectivity index (χ1v) is 19.9.